The first-order valence-corrected chi connectivity index (χ1v) is 8.37. The number of carboxylic acids is 1. The Bertz CT molecular complexity index is 365. The van der Waals surface area contributed by atoms with E-state index in [1.54, 1.807) is 0 Å². The SMILES string of the molecule is CCCN1CCC(NC(=O)[C@@H]2CCCC[C@@H]2C(=O)O)CC1. The molecule has 0 unspecified atom stereocenters. The summed E-state index contributed by atoms with van der Waals surface area (Å²) in [6.45, 7) is 5.38. The van der Waals surface area contributed by atoms with Gasteiger partial charge < -0.3 is 15.3 Å². The highest BCUT2D eigenvalue weighted by molar-refractivity contribution is 5.85. The quantitative estimate of drug-likeness (QED) is 0.812. The smallest absolute Gasteiger partial charge is 0.307 e. The van der Waals surface area contributed by atoms with Gasteiger partial charge in [-0.3, -0.25) is 9.59 Å². The number of piperidine rings is 1. The lowest BCUT2D eigenvalue weighted by molar-refractivity contribution is -0.149. The van der Waals surface area contributed by atoms with Gasteiger partial charge in [-0.15, -0.1) is 0 Å². The first-order chi connectivity index (χ1) is 10.1. The van der Waals surface area contributed by atoms with Crippen molar-refractivity contribution >= 4 is 11.9 Å². The molecule has 0 bridgehead atoms. The third-order valence-electron chi connectivity index (χ3n) is 4.89. The number of likely N-dealkylation sites (tertiary alicyclic amines) is 1. The average molecular weight is 296 g/mol. The zero-order chi connectivity index (χ0) is 15.2. The number of rotatable bonds is 5. The van der Waals surface area contributed by atoms with E-state index in [1.807, 2.05) is 0 Å². The maximum atomic E-state index is 12.4. The Morgan fingerprint density at radius 3 is 2.29 bits per heavy atom. The maximum Gasteiger partial charge on any atom is 0.307 e. The number of hydrogen-bond acceptors (Lipinski definition) is 3. The molecule has 2 atom stereocenters. The summed E-state index contributed by atoms with van der Waals surface area (Å²) in [7, 11) is 0. The minimum absolute atomic E-state index is 0.0314. The van der Waals surface area contributed by atoms with Gasteiger partial charge in [-0.1, -0.05) is 19.8 Å². The van der Waals surface area contributed by atoms with E-state index in [2.05, 4.69) is 17.1 Å². The van der Waals surface area contributed by atoms with Crippen LogP contribution >= 0.6 is 0 Å². The fourth-order valence-corrected chi connectivity index (χ4v) is 3.67. The molecule has 0 radical (unpaired) electrons. The minimum atomic E-state index is -0.812. The molecule has 0 spiro atoms. The number of amides is 1. The summed E-state index contributed by atoms with van der Waals surface area (Å²) < 4.78 is 0. The number of carbonyl (C=O) groups excluding carboxylic acids is 1. The van der Waals surface area contributed by atoms with Crippen LogP contribution in [0, 0.1) is 11.8 Å². The van der Waals surface area contributed by atoms with Crippen molar-refractivity contribution in [2.45, 2.75) is 57.9 Å². The van der Waals surface area contributed by atoms with Crippen LogP contribution in [0.5, 0.6) is 0 Å². The molecule has 1 aliphatic heterocycles. The molecule has 0 aromatic carbocycles. The molecule has 0 aromatic rings. The lowest BCUT2D eigenvalue weighted by Crippen LogP contribution is -2.48. The first kappa shape index (κ1) is 16.3. The van der Waals surface area contributed by atoms with Gasteiger partial charge in [0.25, 0.3) is 0 Å². The largest absolute Gasteiger partial charge is 0.481 e. The number of carbonyl (C=O) groups is 2. The normalized spacial score (nSPS) is 28.2. The summed E-state index contributed by atoms with van der Waals surface area (Å²) in [4.78, 5) is 26.1. The monoisotopic (exact) mass is 296 g/mol. The zero-order valence-corrected chi connectivity index (χ0v) is 13.0. The third-order valence-corrected chi connectivity index (χ3v) is 4.89. The standard InChI is InChI=1S/C16H28N2O3/c1-2-9-18-10-7-12(8-11-18)17-15(19)13-5-3-4-6-14(13)16(20)21/h12-14H,2-11H2,1H3,(H,17,19)(H,20,21)/t13-,14+/m1/s1. The maximum absolute atomic E-state index is 12.4. The number of nitrogens with one attached hydrogen (secondary N) is 1. The highest BCUT2D eigenvalue weighted by Gasteiger charge is 2.36. The second kappa shape index (κ2) is 7.78. The van der Waals surface area contributed by atoms with Crippen molar-refractivity contribution in [3.63, 3.8) is 0 Å². The van der Waals surface area contributed by atoms with Gasteiger partial charge in [-0.25, -0.2) is 0 Å². The van der Waals surface area contributed by atoms with Crippen LogP contribution in [0.4, 0.5) is 0 Å². The molecule has 5 heteroatoms. The van der Waals surface area contributed by atoms with Crippen molar-refractivity contribution in [1.29, 1.82) is 0 Å². The number of aliphatic carboxylic acids is 1. The predicted octanol–water partition coefficient (Wildman–Crippen LogP) is 1.87. The molecule has 120 valence electrons. The van der Waals surface area contributed by atoms with Gasteiger partial charge in [0.05, 0.1) is 11.8 Å². The van der Waals surface area contributed by atoms with Crippen molar-refractivity contribution in [3.05, 3.63) is 0 Å². The molecule has 1 aliphatic carbocycles. The Labute approximate surface area is 127 Å². The Morgan fingerprint density at radius 1 is 1.10 bits per heavy atom. The molecule has 21 heavy (non-hydrogen) atoms. The van der Waals surface area contributed by atoms with Crippen LogP contribution in [0.25, 0.3) is 0 Å². The molecule has 2 N–H and O–H groups in total. The van der Waals surface area contributed by atoms with Gasteiger partial charge in [-0.2, -0.15) is 0 Å². The summed E-state index contributed by atoms with van der Waals surface area (Å²) in [6, 6.07) is 0.224. The fourth-order valence-electron chi connectivity index (χ4n) is 3.67. The number of hydrogen-bond donors (Lipinski definition) is 2. The van der Waals surface area contributed by atoms with Crippen molar-refractivity contribution in [3.8, 4) is 0 Å². The summed E-state index contributed by atoms with van der Waals surface area (Å²) in [5, 5.41) is 12.4. The zero-order valence-electron chi connectivity index (χ0n) is 13.0. The van der Waals surface area contributed by atoms with Crippen LogP contribution in [-0.4, -0.2) is 47.6 Å². The van der Waals surface area contributed by atoms with Crippen LogP contribution in [0.15, 0.2) is 0 Å². The fraction of sp³-hybridized carbons (Fsp3) is 0.875. The molecule has 1 saturated heterocycles. The highest BCUT2D eigenvalue weighted by atomic mass is 16.4. The van der Waals surface area contributed by atoms with Gasteiger partial charge in [0.15, 0.2) is 0 Å². The molecular weight excluding hydrogens is 268 g/mol. The molecule has 2 rings (SSSR count). The molecule has 2 fully saturated rings. The van der Waals surface area contributed by atoms with E-state index >= 15 is 0 Å². The minimum Gasteiger partial charge on any atom is -0.481 e. The second-order valence-electron chi connectivity index (χ2n) is 6.46. The van der Waals surface area contributed by atoms with Crippen LogP contribution in [-0.2, 0) is 9.59 Å². The Balaban J connectivity index is 1.82. The number of carboxylic acid groups (broad SMARTS) is 1. The molecule has 1 amide bonds. The molecule has 1 heterocycles. The van der Waals surface area contributed by atoms with Crippen LogP contribution in [0.1, 0.15) is 51.9 Å². The van der Waals surface area contributed by atoms with Gasteiger partial charge in [0.2, 0.25) is 5.91 Å². The second-order valence-corrected chi connectivity index (χ2v) is 6.46. The lowest BCUT2D eigenvalue weighted by Gasteiger charge is -2.34. The van der Waals surface area contributed by atoms with Crippen molar-refractivity contribution < 1.29 is 14.7 Å². The van der Waals surface area contributed by atoms with E-state index in [0.717, 1.165) is 51.7 Å². The van der Waals surface area contributed by atoms with E-state index in [-0.39, 0.29) is 17.9 Å². The molecule has 0 aromatic heterocycles. The van der Waals surface area contributed by atoms with Crippen molar-refractivity contribution in [2.75, 3.05) is 19.6 Å². The summed E-state index contributed by atoms with van der Waals surface area (Å²) in [6.07, 6.45) is 6.39. The predicted molar refractivity (Wildman–Crippen MR) is 81.0 cm³/mol. The van der Waals surface area contributed by atoms with Crippen molar-refractivity contribution in [1.82, 2.24) is 10.2 Å². The van der Waals surface area contributed by atoms with E-state index in [9.17, 15) is 14.7 Å². The lowest BCUT2D eigenvalue weighted by atomic mass is 9.78. The topological polar surface area (TPSA) is 69.6 Å². The van der Waals surface area contributed by atoms with Gasteiger partial charge in [-0.05, 0) is 38.6 Å². The number of nitrogens with zero attached hydrogens (tertiary/aromatic N) is 1. The van der Waals surface area contributed by atoms with E-state index < -0.39 is 11.9 Å². The van der Waals surface area contributed by atoms with Gasteiger partial charge >= 0.3 is 5.97 Å². The Hall–Kier alpha value is -1.10. The molecular formula is C16H28N2O3. The highest BCUT2D eigenvalue weighted by Crippen LogP contribution is 2.30. The van der Waals surface area contributed by atoms with Gasteiger partial charge in [0.1, 0.15) is 0 Å². The Kier molecular flexibility index (Phi) is 6.03. The first-order valence-electron chi connectivity index (χ1n) is 8.37. The third kappa shape index (κ3) is 4.43. The van der Waals surface area contributed by atoms with Crippen molar-refractivity contribution in [2.24, 2.45) is 11.8 Å². The summed E-state index contributed by atoms with van der Waals surface area (Å²) >= 11 is 0. The van der Waals surface area contributed by atoms with E-state index in [4.69, 9.17) is 0 Å². The Morgan fingerprint density at radius 2 is 1.71 bits per heavy atom. The van der Waals surface area contributed by atoms with Crippen LogP contribution in [0.3, 0.4) is 0 Å². The van der Waals surface area contributed by atoms with Crippen LogP contribution in [0.2, 0.25) is 0 Å². The summed E-state index contributed by atoms with van der Waals surface area (Å²) in [5.41, 5.74) is 0. The van der Waals surface area contributed by atoms with E-state index in [0.29, 0.717) is 6.42 Å². The molecule has 1 saturated carbocycles. The van der Waals surface area contributed by atoms with Gasteiger partial charge in [0, 0.05) is 19.1 Å². The molecule has 2 aliphatic rings. The average Bonchev–Trinajstić information content (AvgIpc) is 2.49. The van der Waals surface area contributed by atoms with E-state index in [1.165, 1.54) is 6.42 Å². The molecule has 5 nitrogen and oxygen atoms in total. The summed E-state index contributed by atoms with van der Waals surface area (Å²) in [5.74, 6) is -1.66. The van der Waals surface area contributed by atoms with Crippen LogP contribution < -0.4 is 5.32 Å².